The van der Waals surface area contributed by atoms with E-state index in [1.165, 1.54) is 0 Å². The molecule has 1 heterocycles. The van der Waals surface area contributed by atoms with E-state index in [2.05, 4.69) is 24.0 Å². The van der Waals surface area contributed by atoms with Gasteiger partial charge in [-0.05, 0) is 18.8 Å². The van der Waals surface area contributed by atoms with E-state index in [4.69, 9.17) is 9.26 Å². The van der Waals surface area contributed by atoms with Gasteiger partial charge >= 0.3 is 0 Å². The van der Waals surface area contributed by atoms with Crippen LogP contribution in [0.1, 0.15) is 63.3 Å². The topological polar surface area (TPSA) is 68.4 Å². The van der Waals surface area contributed by atoms with Crippen LogP contribution in [0.2, 0.25) is 0 Å². The van der Waals surface area contributed by atoms with Crippen LogP contribution in [0.5, 0.6) is 0 Å². The third kappa shape index (κ3) is 2.72. The summed E-state index contributed by atoms with van der Waals surface area (Å²) in [6, 6.07) is 0. The van der Waals surface area contributed by atoms with E-state index >= 15 is 0 Å². The minimum absolute atomic E-state index is 0.00957. The van der Waals surface area contributed by atoms with Crippen LogP contribution >= 0.6 is 0 Å². The lowest BCUT2D eigenvalue weighted by atomic mass is 9.86. The second-order valence-electron chi connectivity index (χ2n) is 5.35. The number of aliphatic hydroxyl groups is 1. The molecule has 0 saturated heterocycles. The van der Waals surface area contributed by atoms with Crippen LogP contribution in [-0.2, 0) is 4.74 Å². The maximum atomic E-state index is 9.98. The standard InChI is InChI=1S/C13H22N2O3/c1-8(2)11(17-3)12-14-13(18-15-12)9-6-4-5-7-10(9)16/h8-11,16H,4-7H2,1-3H3. The van der Waals surface area contributed by atoms with Crippen LogP contribution in [0, 0.1) is 5.92 Å². The smallest absolute Gasteiger partial charge is 0.232 e. The van der Waals surface area contributed by atoms with Crippen molar-refractivity contribution in [2.45, 2.75) is 57.7 Å². The van der Waals surface area contributed by atoms with Crippen molar-refractivity contribution in [2.24, 2.45) is 5.92 Å². The van der Waals surface area contributed by atoms with Crippen molar-refractivity contribution in [1.82, 2.24) is 10.1 Å². The Morgan fingerprint density at radius 1 is 1.33 bits per heavy atom. The number of aliphatic hydroxyl groups excluding tert-OH is 1. The monoisotopic (exact) mass is 254 g/mol. The Morgan fingerprint density at radius 3 is 2.67 bits per heavy atom. The van der Waals surface area contributed by atoms with Gasteiger partial charge in [-0.1, -0.05) is 31.8 Å². The zero-order valence-corrected chi connectivity index (χ0v) is 11.3. The summed E-state index contributed by atoms with van der Waals surface area (Å²) in [5, 5.41) is 14.0. The first-order valence-electron chi connectivity index (χ1n) is 6.67. The molecule has 0 amide bonds. The molecule has 0 aliphatic heterocycles. The second-order valence-corrected chi connectivity index (χ2v) is 5.35. The van der Waals surface area contributed by atoms with Gasteiger partial charge in [0, 0.05) is 7.11 Å². The quantitative estimate of drug-likeness (QED) is 0.893. The molecule has 18 heavy (non-hydrogen) atoms. The molecular weight excluding hydrogens is 232 g/mol. The van der Waals surface area contributed by atoms with E-state index in [0.29, 0.717) is 11.7 Å². The average Bonchev–Trinajstić information content (AvgIpc) is 2.79. The summed E-state index contributed by atoms with van der Waals surface area (Å²) >= 11 is 0. The summed E-state index contributed by atoms with van der Waals surface area (Å²) in [4.78, 5) is 4.41. The van der Waals surface area contributed by atoms with Crippen molar-refractivity contribution < 1.29 is 14.4 Å². The number of rotatable bonds is 4. The molecule has 1 saturated carbocycles. The van der Waals surface area contributed by atoms with E-state index < -0.39 is 0 Å². The lowest BCUT2D eigenvalue weighted by molar-refractivity contribution is 0.0555. The van der Waals surface area contributed by atoms with Crippen LogP contribution in [0.4, 0.5) is 0 Å². The number of hydrogen-bond acceptors (Lipinski definition) is 5. The predicted molar refractivity (Wildman–Crippen MR) is 66.1 cm³/mol. The highest BCUT2D eigenvalue weighted by Gasteiger charge is 2.31. The van der Waals surface area contributed by atoms with Gasteiger partial charge in [-0.15, -0.1) is 0 Å². The Kier molecular flexibility index (Phi) is 4.35. The minimum Gasteiger partial charge on any atom is -0.392 e. The third-order valence-corrected chi connectivity index (χ3v) is 3.62. The molecule has 0 spiro atoms. The largest absolute Gasteiger partial charge is 0.392 e. The van der Waals surface area contributed by atoms with Gasteiger partial charge in [-0.25, -0.2) is 0 Å². The van der Waals surface area contributed by atoms with Crippen LogP contribution in [0.3, 0.4) is 0 Å². The molecule has 1 aromatic rings. The van der Waals surface area contributed by atoms with Crippen molar-refractivity contribution in [3.8, 4) is 0 Å². The molecule has 5 heteroatoms. The van der Waals surface area contributed by atoms with E-state index in [9.17, 15) is 5.11 Å². The number of ether oxygens (including phenoxy) is 1. The van der Waals surface area contributed by atoms with Gasteiger partial charge in [-0.2, -0.15) is 4.98 Å². The molecular formula is C13H22N2O3. The Labute approximate surface area is 108 Å². The number of methoxy groups -OCH3 is 1. The molecule has 102 valence electrons. The first-order valence-corrected chi connectivity index (χ1v) is 6.67. The van der Waals surface area contributed by atoms with E-state index in [1.54, 1.807) is 7.11 Å². The van der Waals surface area contributed by atoms with Crippen molar-refractivity contribution in [1.29, 1.82) is 0 Å². The fourth-order valence-electron chi connectivity index (χ4n) is 2.59. The summed E-state index contributed by atoms with van der Waals surface area (Å²) in [5.74, 6) is 1.42. The van der Waals surface area contributed by atoms with E-state index in [-0.39, 0.29) is 24.0 Å². The average molecular weight is 254 g/mol. The molecule has 0 aromatic carbocycles. The fraction of sp³-hybridized carbons (Fsp3) is 0.846. The van der Waals surface area contributed by atoms with Gasteiger partial charge in [0.25, 0.3) is 0 Å². The molecule has 2 rings (SSSR count). The van der Waals surface area contributed by atoms with Gasteiger partial charge < -0.3 is 14.4 Å². The van der Waals surface area contributed by atoms with Crippen molar-refractivity contribution in [2.75, 3.05) is 7.11 Å². The molecule has 0 bridgehead atoms. The summed E-state index contributed by atoms with van der Waals surface area (Å²) in [6.07, 6.45) is 3.42. The maximum absolute atomic E-state index is 9.98. The van der Waals surface area contributed by atoms with Crippen molar-refractivity contribution in [3.63, 3.8) is 0 Å². The predicted octanol–water partition coefficient (Wildman–Crippen LogP) is 2.43. The first kappa shape index (κ1) is 13.5. The third-order valence-electron chi connectivity index (χ3n) is 3.62. The number of aromatic nitrogens is 2. The van der Waals surface area contributed by atoms with Gasteiger partial charge in [0.05, 0.1) is 12.0 Å². The lowest BCUT2D eigenvalue weighted by Crippen LogP contribution is -2.22. The molecule has 5 nitrogen and oxygen atoms in total. The van der Waals surface area contributed by atoms with Crippen LogP contribution in [0.25, 0.3) is 0 Å². The molecule has 1 aliphatic rings. The van der Waals surface area contributed by atoms with Gasteiger partial charge in [-0.3, -0.25) is 0 Å². The molecule has 1 aromatic heterocycles. The van der Waals surface area contributed by atoms with Crippen molar-refractivity contribution >= 4 is 0 Å². The summed E-state index contributed by atoms with van der Waals surface area (Å²) in [7, 11) is 1.65. The maximum Gasteiger partial charge on any atom is 0.232 e. The van der Waals surface area contributed by atoms with Gasteiger partial charge in [0.15, 0.2) is 0 Å². The molecule has 3 atom stereocenters. The second kappa shape index (κ2) is 5.80. The summed E-state index contributed by atoms with van der Waals surface area (Å²) < 4.78 is 10.7. The zero-order valence-electron chi connectivity index (χ0n) is 11.3. The molecule has 1 fully saturated rings. The van der Waals surface area contributed by atoms with E-state index in [0.717, 1.165) is 25.7 Å². The molecule has 3 unspecified atom stereocenters. The lowest BCUT2D eigenvalue weighted by Gasteiger charge is -2.24. The Balaban J connectivity index is 2.14. The Bertz CT molecular complexity index is 378. The Morgan fingerprint density at radius 2 is 2.06 bits per heavy atom. The molecule has 1 aliphatic carbocycles. The SMILES string of the molecule is COC(c1noc(C2CCCCC2O)n1)C(C)C. The molecule has 1 N–H and O–H groups in total. The van der Waals surface area contributed by atoms with Crippen LogP contribution in [0.15, 0.2) is 4.52 Å². The fourth-order valence-corrected chi connectivity index (χ4v) is 2.59. The highest BCUT2D eigenvalue weighted by molar-refractivity contribution is 5.01. The summed E-state index contributed by atoms with van der Waals surface area (Å²) in [5.41, 5.74) is 0. The van der Waals surface area contributed by atoms with Crippen LogP contribution in [-0.4, -0.2) is 28.5 Å². The number of nitrogens with zero attached hydrogens (tertiary/aromatic N) is 2. The Hall–Kier alpha value is -0.940. The number of hydrogen-bond donors (Lipinski definition) is 1. The zero-order chi connectivity index (χ0) is 13.1. The van der Waals surface area contributed by atoms with E-state index in [1.807, 2.05) is 0 Å². The van der Waals surface area contributed by atoms with Gasteiger partial charge in [0.1, 0.15) is 6.10 Å². The highest BCUT2D eigenvalue weighted by atomic mass is 16.5. The van der Waals surface area contributed by atoms with Crippen LogP contribution < -0.4 is 0 Å². The molecule has 0 radical (unpaired) electrons. The normalized spacial score (nSPS) is 26.5. The summed E-state index contributed by atoms with van der Waals surface area (Å²) in [6.45, 7) is 4.11. The van der Waals surface area contributed by atoms with Gasteiger partial charge in [0.2, 0.25) is 11.7 Å². The highest BCUT2D eigenvalue weighted by Crippen LogP contribution is 2.33. The van der Waals surface area contributed by atoms with Crippen molar-refractivity contribution in [3.05, 3.63) is 11.7 Å². The first-order chi connectivity index (χ1) is 8.63. The minimum atomic E-state index is -0.355.